The summed E-state index contributed by atoms with van der Waals surface area (Å²) in [7, 11) is 0. The number of Topliss-reactive ketones (excluding diaryl/α,β-unsaturated/α-hetero) is 1. The predicted molar refractivity (Wildman–Crippen MR) is 64.3 cm³/mol. The number of ketones is 1. The Morgan fingerprint density at radius 3 is 2.76 bits per heavy atom. The molecule has 1 aromatic carbocycles. The standard InChI is InChI=1S/C14H12O3/c1-8-6-10(15)13-12(7-8)17-11-5-3-2-4-9(11)14(13)16/h2-5,8H,6-7H2,1H3/t8-/m0/s1. The summed E-state index contributed by atoms with van der Waals surface area (Å²) in [5, 5.41) is 0.495. The van der Waals surface area contributed by atoms with Gasteiger partial charge in [-0.3, -0.25) is 9.59 Å². The van der Waals surface area contributed by atoms with E-state index in [4.69, 9.17) is 4.42 Å². The highest BCUT2D eigenvalue weighted by Crippen LogP contribution is 2.25. The molecule has 0 unspecified atom stereocenters. The van der Waals surface area contributed by atoms with Crippen molar-refractivity contribution in [3.05, 3.63) is 45.8 Å². The first kappa shape index (κ1) is 10.3. The van der Waals surface area contributed by atoms with Gasteiger partial charge in [0.15, 0.2) is 5.78 Å². The first-order valence-corrected chi connectivity index (χ1v) is 5.74. The number of fused-ring (bicyclic) bond motifs is 2. The molecule has 1 aliphatic carbocycles. The highest BCUT2D eigenvalue weighted by Gasteiger charge is 2.28. The molecule has 3 nitrogen and oxygen atoms in total. The lowest BCUT2D eigenvalue weighted by Crippen LogP contribution is -2.25. The van der Waals surface area contributed by atoms with Crippen LogP contribution in [-0.4, -0.2) is 5.78 Å². The minimum atomic E-state index is -0.182. The van der Waals surface area contributed by atoms with Gasteiger partial charge in [0.25, 0.3) is 0 Å². The maximum absolute atomic E-state index is 12.2. The van der Waals surface area contributed by atoms with E-state index >= 15 is 0 Å². The second-order valence-electron chi connectivity index (χ2n) is 4.66. The van der Waals surface area contributed by atoms with E-state index in [1.54, 1.807) is 18.2 Å². The normalized spacial score (nSPS) is 19.4. The Bertz CT molecular complexity index is 667. The first-order chi connectivity index (χ1) is 8.16. The van der Waals surface area contributed by atoms with Crippen LogP contribution in [0, 0.1) is 5.92 Å². The predicted octanol–water partition coefficient (Wildman–Crippen LogP) is 2.56. The van der Waals surface area contributed by atoms with Crippen molar-refractivity contribution >= 4 is 16.8 Å². The number of rotatable bonds is 0. The van der Waals surface area contributed by atoms with Crippen molar-refractivity contribution in [2.75, 3.05) is 0 Å². The summed E-state index contributed by atoms with van der Waals surface area (Å²) in [4.78, 5) is 24.1. The first-order valence-electron chi connectivity index (χ1n) is 5.74. The van der Waals surface area contributed by atoms with E-state index in [2.05, 4.69) is 0 Å². The Hall–Kier alpha value is -1.90. The maximum atomic E-state index is 12.2. The third-order valence-corrected chi connectivity index (χ3v) is 3.22. The number of hydrogen-bond donors (Lipinski definition) is 0. The van der Waals surface area contributed by atoms with E-state index in [1.807, 2.05) is 13.0 Å². The van der Waals surface area contributed by atoms with E-state index in [-0.39, 0.29) is 22.7 Å². The lowest BCUT2D eigenvalue weighted by Gasteiger charge is -2.18. The van der Waals surface area contributed by atoms with Gasteiger partial charge in [0.2, 0.25) is 5.43 Å². The van der Waals surface area contributed by atoms with E-state index in [0.29, 0.717) is 29.6 Å². The summed E-state index contributed by atoms with van der Waals surface area (Å²) in [5.74, 6) is 0.718. The molecule has 1 heterocycles. The molecule has 0 amide bonds. The summed E-state index contributed by atoms with van der Waals surface area (Å²) in [5.41, 5.74) is 0.652. The van der Waals surface area contributed by atoms with Crippen LogP contribution in [-0.2, 0) is 6.42 Å². The molecule has 3 rings (SSSR count). The topological polar surface area (TPSA) is 47.3 Å². The van der Waals surface area contributed by atoms with Crippen molar-refractivity contribution in [3.63, 3.8) is 0 Å². The molecule has 0 saturated heterocycles. The van der Waals surface area contributed by atoms with Gasteiger partial charge in [-0.1, -0.05) is 19.1 Å². The Kier molecular flexibility index (Phi) is 2.15. The van der Waals surface area contributed by atoms with Crippen LogP contribution < -0.4 is 5.43 Å². The molecule has 1 atom stereocenters. The van der Waals surface area contributed by atoms with Crippen LogP contribution in [0.2, 0.25) is 0 Å². The van der Waals surface area contributed by atoms with Gasteiger partial charge in [-0.25, -0.2) is 0 Å². The number of para-hydroxylation sites is 1. The molecular weight excluding hydrogens is 216 g/mol. The van der Waals surface area contributed by atoms with E-state index in [0.717, 1.165) is 0 Å². The van der Waals surface area contributed by atoms with E-state index in [1.165, 1.54) is 0 Å². The van der Waals surface area contributed by atoms with Crippen LogP contribution in [0.3, 0.4) is 0 Å². The van der Waals surface area contributed by atoms with Gasteiger partial charge in [0.05, 0.1) is 5.39 Å². The van der Waals surface area contributed by atoms with Crippen LogP contribution in [0.5, 0.6) is 0 Å². The van der Waals surface area contributed by atoms with Crippen molar-refractivity contribution < 1.29 is 9.21 Å². The van der Waals surface area contributed by atoms with Crippen LogP contribution >= 0.6 is 0 Å². The van der Waals surface area contributed by atoms with Crippen molar-refractivity contribution in [1.82, 2.24) is 0 Å². The molecule has 0 aliphatic heterocycles. The van der Waals surface area contributed by atoms with Gasteiger partial charge in [-0.2, -0.15) is 0 Å². The fourth-order valence-electron chi connectivity index (χ4n) is 2.42. The molecule has 86 valence electrons. The fourth-order valence-corrected chi connectivity index (χ4v) is 2.42. The third-order valence-electron chi connectivity index (χ3n) is 3.22. The average molecular weight is 228 g/mol. The zero-order valence-corrected chi connectivity index (χ0v) is 9.53. The van der Waals surface area contributed by atoms with E-state index in [9.17, 15) is 9.59 Å². The lowest BCUT2D eigenvalue weighted by atomic mass is 9.87. The lowest BCUT2D eigenvalue weighted by molar-refractivity contribution is 0.0945. The monoisotopic (exact) mass is 228 g/mol. The summed E-state index contributed by atoms with van der Waals surface area (Å²) in [6.45, 7) is 2.00. The summed E-state index contributed by atoms with van der Waals surface area (Å²) in [6, 6.07) is 7.07. The van der Waals surface area contributed by atoms with Gasteiger partial charge in [-0.15, -0.1) is 0 Å². The Labute approximate surface area is 98.1 Å². The van der Waals surface area contributed by atoms with Crippen LogP contribution in [0.15, 0.2) is 33.5 Å². The molecule has 0 spiro atoms. The third kappa shape index (κ3) is 1.50. The Balaban J connectivity index is 2.40. The van der Waals surface area contributed by atoms with Gasteiger partial charge >= 0.3 is 0 Å². The number of carbonyl (C=O) groups is 1. The smallest absolute Gasteiger partial charge is 0.203 e. The van der Waals surface area contributed by atoms with Crippen LogP contribution in [0.25, 0.3) is 11.0 Å². The minimum Gasteiger partial charge on any atom is -0.460 e. The molecular formula is C14H12O3. The minimum absolute atomic E-state index is 0.0850. The Morgan fingerprint density at radius 2 is 1.94 bits per heavy atom. The van der Waals surface area contributed by atoms with Gasteiger partial charge in [-0.05, 0) is 18.1 Å². The van der Waals surface area contributed by atoms with Crippen molar-refractivity contribution in [3.8, 4) is 0 Å². The van der Waals surface area contributed by atoms with Crippen molar-refractivity contribution in [2.24, 2.45) is 5.92 Å². The maximum Gasteiger partial charge on any atom is 0.203 e. The Morgan fingerprint density at radius 1 is 1.18 bits per heavy atom. The molecule has 17 heavy (non-hydrogen) atoms. The fraction of sp³-hybridized carbons (Fsp3) is 0.286. The highest BCUT2D eigenvalue weighted by molar-refractivity contribution is 6.00. The molecule has 2 aromatic rings. The van der Waals surface area contributed by atoms with Gasteiger partial charge in [0.1, 0.15) is 16.9 Å². The molecule has 3 heteroatoms. The number of carbonyl (C=O) groups excluding carboxylic acids is 1. The molecule has 1 aliphatic rings. The van der Waals surface area contributed by atoms with E-state index < -0.39 is 0 Å². The highest BCUT2D eigenvalue weighted by atomic mass is 16.3. The molecule has 0 radical (unpaired) electrons. The molecule has 0 bridgehead atoms. The summed E-state index contributed by atoms with van der Waals surface area (Å²) < 4.78 is 5.69. The van der Waals surface area contributed by atoms with Crippen LogP contribution in [0.4, 0.5) is 0 Å². The zero-order valence-electron chi connectivity index (χ0n) is 9.53. The molecule has 1 aromatic heterocycles. The summed E-state index contributed by atoms with van der Waals surface area (Å²) in [6.07, 6.45) is 1.11. The van der Waals surface area contributed by atoms with Crippen molar-refractivity contribution in [2.45, 2.75) is 19.8 Å². The second-order valence-corrected chi connectivity index (χ2v) is 4.66. The quantitative estimate of drug-likeness (QED) is 0.696. The zero-order chi connectivity index (χ0) is 12.0. The molecule has 0 saturated carbocycles. The molecule has 0 N–H and O–H groups in total. The average Bonchev–Trinajstić information content (AvgIpc) is 2.28. The molecule has 0 fully saturated rings. The summed E-state index contributed by atoms with van der Waals surface area (Å²) >= 11 is 0. The second kappa shape index (κ2) is 3.55. The largest absolute Gasteiger partial charge is 0.460 e. The SMILES string of the molecule is C[C@H]1CC(=O)c2c(oc3ccccc3c2=O)C1. The van der Waals surface area contributed by atoms with Crippen LogP contribution in [0.1, 0.15) is 29.5 Å². The van der Waals surface area contributed by atoms with Crippen molar-refractivity contribution in [1.29, 1.82) is 0 Å². The van der Waals surface area contributed by atoms with Gasteiger partial charge < -0.3 is 4.42 Å². The van der Waals surface area contributed by atoms with Gasteiger partial charge in [0, 0.05) is 12.8 Å². The number of benzene rings is 1. The number of hydrogen-bond acceptors (Lipinski definition) is 3.